The molecule has 0 aromatic carbocycles. The summed E-state index contributed by atoms with van der Waals surface area (Å²) in [6, 6.07) is 1.97. The van der Waals surface area contributed by atoms with Crippen molar-refractivity contribution >= 4 is 0 Å². The van der Waals surface area contributed by atoms with E-state index in [4.69, 9.17) is 5.11 Å². The first-order valence-electron chi connectivity index (χ1n) is 5.12. The van der Waals surface area contributed by atoms with Gasteiger partial charge < -0.3 is 9.67 Å². The van der Waals surface area contributed by atoms with Crippen LogP contribution in [0.3, 0.4) is 0 Å². The van der Waals surface area contributed by atoms with E-state index >= 15 is 0 Å². The molecule has 0 unspecified atom stereocenters. The first kappa shape index (κ1) is 10.3. The molecule has 0 spiro atoms. The number of unbranched alkanes of at least 4 members (excludes halogenated alkanes) is 3. The first-order chi connectivity index (χ1) is 6.36. The van der Waals surface area contributed by atoms with E-state index in [1.165, 1.54) is 25.7 Å². The van der Waals surface area contributed by atoms with Crippen LogP contribution >= 0.6 is 0 Å². The fourth-order valence-corrected chi connectivity index (χ4v) is 1.44. The molecule has 1 heterocycles. The molecule has 13 heavy (non-hydrogen) atoms. The molecule has 0 aliphatic carbocycles. The van der Waals surface area contributed by atoms with Crippen molar-refractivity contribution in [2.45, 2.75) is 45.8 Å². The van der Waals surface area contributed by atoms with Crippen LogP contribution in [0.4, 0.5) is 0 Å². The molecule has 1 aromatic heterocycles. The van der Waals surface area contributed by atoms with Crippen molar-refractivity contribution in [2.24, 2.45) is 0 Å². The predicted molar refractivity (Wildman–Crippen MR) is 54.5 cm³/mol. The number of nitrogens with zero attached hydrogens (tertiary/aromatic N) is 1. The number of aryl methyl sites for hydroxylation is 1. The van der Waals surface area contributed by atoms with Gasteiger partial charge in [-0.3, -0.25) is 0 Å². The molecule has 0 fully saturated rings. The van der Waals surface area contributed by atoms with Gasteiger partial charge in [-0.2, -0.15) is 0 Å². The normalized spacial score (nSPS) is 10.6. The lowest BCUT2D eigenvalue weighted by Gasteiger charge is -2.01. The van der Waals surface area contributed by atoms with E-state index in [1.54, 1.807) is 0 Å². The molecule has 1 aromatic rings. The Hall–Kier alpha value is -0.760. The maximum absolute atomic E-state index is 8.85. The summed E-state index contributed by atoms with van der Waals surface area (Å²) in [5, 5.41) is 8.85. The van der Waals surface area contributed by atoms with Gasteiger partial charge in [-0.15, -0.1) is 0 Å². The zero-order chi connectivity index (χ0) is 9.52. The van der Waals surface area contributed by atoms with E-state index in [-0.39, 0.29) is 6.61 Å². The van der Waals surface area contributed by atoms with Crippen molar-refractivity contribution in [3.05, 3.63) is 24.0 Å². The third-order valence-corrected chi connectivity index (χ3v) is 2.26. The van der Waals surface area contributed by atoms with Gasteiger partial charge in [0.1, 0.15) is 0 Å². The number of rotatable bonds is 6. The average Bonchev–Trinajstić information content (AvgIpc) is 2.60. The van der Waals surface area contributed by atoms with Crippen molar-refractivity contribution in [3.63, 3.8) is 0 Å². The second-order valence-electron chi connectivity index (χ2n) is 3.48. The van der Waals surface area contributed by atoms with Gasteiger partial charge in [0.2, 0.25) is 0 Å². The molecule has 1 rings (SSSR count). The number of aliphatic hydroxyl groups excluding tert-OH is 1. The lowest BCUT2D eigenvalue weighted by molar-refractivity contribution is 0.281. The van der Waals surface area contributed by atoms with Gasteiger partial charge in [0, 0.05) is 18.9 Å². The molecule has 2 heteroatoms. The topological polar surface area (TPSA) is 25.2 Å². The molecule has 2 nitrogen and oxygen atoms in total. The summed E-state index contributed by atoms with van der Waals surface area (Å²) in [6.07, 6.45) is 9.22. The van der Waals surface area contributed by atoms with Crippen molar-refractivity contribution in [1.29, 1.82) is 0 Å². The maximum atomic E-state index is 8.85. The molecule has 0 radical (unpaired) electrons. The van der Waals surface area contributed by atoms with Gasteiger partial charge in [0.15, 0.2) is 0 Å². The van der Waals surface area contributed by atoms with Crippen LogP contribution in [0.1, 0.15) is 38.2 Å². The molecule has 1 N–H and O–H groups in total. The predicted octanol–water partition coefficient (Wildman–Crippen LogP) is 2.56. The smallest absolute Gasteiger partial charge is 0.0696 e. The number of hydrogen-bond donors (Lipinski definition) is 1. The minimum atomic E-state index is 0.155. The SMILES string of the molecule is CCCCCCn1ccc(CO)c1. The molecule has 0 saturated heterocycles. The summed E-state index contributed by atoms with van der Waals surface area (Å²) in [5.74, 6) is 0. The van der Waals surface area contributed by atoms with Crippen LogP contribution in [0, 0.1) is 0 Å². The lowest BCUT2D eigenvalue weighted by Crippen LogP contribution is -1.94. The monoisotopic (exact) mass is 181 g/mol. The van der Waals surface area contributed by atoms with Gasteiger partial charge >= 0.3 is 0 Å². The van der Waals surface area contributed by atoms with Gasteiger partial charge in [0.25, 0.3) is 0 Å². The number of hydrogen-bond acceptors (Lipinski definition) is 1. The van der Waals surface area contributed by atoms with Crippen LogP contribution in [-0.2, 0) is 13.2 Å². The van der Waals surface area contributed by atoms with Crippen molar-refractivity contribution in [1.82, 2.24) is 4.57 Å². The molecular formula is C11H19NO. The van der Waals surface area contributed by atoms with E-state index < -0.39 is 0 Å². The Morgan fingerprint density at radius 1 is 1.31 bits per heavy atom. The van der Waals surface area contributed by atoms with Gasteiger partial charge in [0.05, 0.1) is 6.61 Å². The first-order valence-corrected chi connectivity index (χ1v) is 5.12. The second kappa shape index (κ2) is 5.81. The fourth-order valence-electron chi connectivity index (χ4n) is 1.44. The Labute approximate surface area is 80.2 Å². The molecule has 0 aliphatic rings. The third kappa shape index (κ3) is 3.64. The lowest BCUT2D eigenvalue weighted by atomic mass is 10.2. The van der Waals surface area contributed by atoms with Gasteiger partial charge in [-0.25, -0.2) is 0 Å². The van der Waals surface area contributed by atoms with E-state index in [2.05, 4.69) is 11.5 Å². The van der Waals surface area contributed by atoms with Crippen LogP contribution in [-0.4, -0.2) is 9.67 Å². The molecule has 0 bridgehead atoms. The van der Waals surface area contributed by atoms with E-state index in [9.17, 15) is 0 Å². The number of aliphatic hydroxyl groups is 1. The van der Waals surface area contributed by atoms with Crippen LogP contribution in [0.5, 0.6) is 0 Å². The van der Waals surface area contributed by atoms with E-state index in [0.29, 0.717) is 0 Å². The summed E-state index contributed by atoms with van der Waals surface area (Å²) < 4.78 is 2.15. The standard InChI is InChI=1S/C11H19NO/c1-2-3-4-5-7-12-8-6-11(9-12)10-13/h6,8-9,13H,2-5,7,10H2,1H3. The summed E-state index contributed by atoms with van der Waals surface area (Å²) in [7, 11) is 0. The van der Waals surface area contributed by atoms with Crippen LogP contribution in [0.2, 0.25) is 0 Å². The maximum Gasteiger partial charge on any atom is 0.0696 e. The molecule has 0 saturated carbocycles. The third-order valence-electron chi connectivity index (χ3n) is 2.26. The Balaban J connectivity index is 2.20. The Kier molecular flexibility index (Phi) is 4.61. The average molecular weight is 181 g/mol. The molecular weight excluding hydrogens is 162 g/mol. The van der Waals surface area contributed by atoms with E-state index in [1.807, 2.05) is 18.5 Å². The molecule has 0 atom stereocenters. The molecule has 0 amide bonds. The summed E-state index contributed by atoms with van der Waals surface area (Å²) in [5.41, 5.74) is 1.01. The molecule has 74 valence electrons. The summed E-state index contributed by atoms with van der Waals surface area (Å²) >= 11 is 0. The highest BCUT2D eigenvalue weighted by Crippen LogP contribution is 2.05. The van der Waals surface area contributed by atoms with E-state index in [0.717, 1.165) is 12.1 Å². The zero-order valence-electron chi connectivity index (χ0n) is 8.37. The second-order valence-corrected chi connectivity index (χ2v) is 3.48. The van der Waals surface area contributed by atoms with Crippen molar-refractivity contribution in [3.8, 4) is 0 Å². The minimum absolute atomic E-state index is 0.155. The minimum Gasteiger partial charge on any atom is -0.392 e. The highest BCUT2D eigenvalue weighted by molar-refractivity contribution is 5.08. The van der Waals surface area contributed by atoms with Crippen LogP contribution in [0.25, 0.3) is 0 Å². The van der Waals surface area contributed by atoms with Crippen LogP contribution in [0.15, 0.2) is 18.5 Å². The highest BCUT2D eigenvalue weighted by atomic mass is 16.3. The fraction of sp³-hybridized carbons (Fsp3) is 0.636. The molecule has 0 aliphatic heterocycles. The quantitative estimate of drug-likeness (QED) is 0.670. The van der Waals surface area contributed by atoms with Gasteiger partial charge in [-0.1, -0.05) is 26.2 Å². The number of aromatic nitrogens is 1. The Bertz CT molecular complexity index is 230. The van der Waals surface area contributed by atoms with Crippen LogP contribution < -0.4 is 0 Å². The Morgan fingerprint density at radius 2 is 2.15 bits per heavy atom. The van der Waals surface area contributed by atoms with Crippen molar-refractivity contribution in [2.75, 3.05) is 0 Å². The van der Waals surface area contributed by atoms with Crippen molar-refractivity contribution < 1.29 is 5.11 Å². The Morgan fingerprint density at radius 3 is 2.77 bits per heavy atom. The highest BCUT2D eigenvalue weighted by Gasteiger charge is 1.94. The zero-order valence-corrected chi connectivity index (χ0v) is 8.37. The largest absolute Gasteiger partial charge is 0.392 e. The summed E-state index contributed by atoms with van der Waals surface area (Å²) in [4.78, 5) is 0. The van der Waals surface area contributed by atoms with Gasteiger partial charge in [-0.05, 0) is 18.1 Å². The summed E-state index contributed by atoms with van der Waals surface area (Å²) in [6.45, 7) is 3.46.